The van der Waals surface area contributed by atoms with Gasteiger partial charge >= 0.3 is 0 Å². The van der Waals surface area contributed by atoms with Crippen molar-refractivity contribution in [3.8, 4) is 5.69 Å². The van der Waals surface area contributed by atoms with E-state index in [4.69, 9.17) is 0 Å². The Hall–Kier alpha value is -3.74. The molecule has 0 aliphatic heterocycles. The van der Waals surface area contributed by atoms with Crippen molar-refractivity contribution in [2.24, 2.45) is 0 Å². The summed E-state index contributed by atoms with van der Waals surface area (Å²) in [6.07, 6.45) is 2.88. The molecule has 1 amide bonds. The molecule has 2 aromatic heterocycles. The molecule has 0 atom stereocenters. The maximum Gasteiger partial charge on any atom is 0.264 e. The molecule has 0 aliphatic rings. The van der Waals surface area contributed by atoms with Gasteiger partial charge in [0.05, 0.1) is 11.9 Å². The Balaban J connectivity index is 1.60. The molecular formula is C22H21N5O2. The fraction of sp³-hybridized carbons (Fsp3) is 0.182. The first-order chi connectivity index (χ1) is 13.9. The van der Waals surface area contributed by atoms with Gasteiger partial charge in [-0.25, -0.2) is 9.67 Å². The summed E-state index contributed by atoms with van der Waals surface area (Å²) in [7, 11) is 0. The Morgan fingerprint density at radius 3 is 2.48 bits per heavy atom. The molecule has 0 aliphatic carbocycles. The van der Waals surface area contributed by atoms with Gasteiger partial charge in [0.15, 0.2) is 5.65 Å². The second-order valence-electron chi connectivity index (χ2n) is 7.17. The van der Waals surface area contributed by atoms with Gasteiger partial charge in [-0.1, -0.05) is 35.4 Å². The van der Waals surface area contributed by atoms with Crippen LogP contribution in [0.3, 0.4) is 0 Å². The van der Waals surface area contributed by atoms with Crippen molar-refractivity contribution < 1.29 is 4.79 Å². The van der Waals surface area contributed by atoms with Gasteiger partial charge in [-0.3, -0.25) is 14.2 Å². The predicted octanol–water partition coefficient (Wildman–Crippen LogP) is 3.15. The van der Waals surface area contributed by atoms with E-state index in [0.29, 0.717) is 11.0 Å². The number of nitrogens with zero attached hydrogens (tertiary/aromatic N) is 4. The smallest absolute Gasteiger partial charge is 0.264 e. The SMILES string of the molecule is Cc1ccc(-n2ncc3c(=O)n(CC(=O)Nc4ccc(C)cc4C)cnc32)cc1. The van der Waals surface area contributed by atoms with E-state index >= 15 is 0 Å². The molecule has 7 nitrogen and oxygen atoms in total. The number of nitrogens with one attached hydrogen (secondary N) is 1. The number of anilines is 1. The lowest BCUT2D eigenvalue weighted by Gasteiger charge is -2.10. The molecule has 0 unspecified atom stereocenters. The summed E-state index contributed by atoms with van der Waals surface area (Å²) in [6, 6.07) is 13.6. The molecule has 0 radical (unpaired) electrons. The molecule has 29 heavy (non-hydrogen) atoms. The van der Waals surface area contributed by atoms with Crippen molar-refractivity contribution in [2.75, 3.05) is 5.32 Å². The average molecular weight is 387 g/mol. The minimum Gasteiger partial charge on any atom is -0.324 e. The number of aromatic nitrogens is 4. The standard InChI is InChI=1S/C22H21N5O2/c1-14-4-7-17(8-5-14)27-21-18(11-24-27)22(29)26(13-23-21)12-20(28)25-19-9-6-15(2)10-16(19)3/h4-11,13H,12H2,1-3H3,(H,25,28). The second kappa shape index (κ2) is 7.35. The summed E-state index contributed by atoms with van der Waals surface area (Å²) < 4.78 is 2.92. The Morgan fingerprint density at radius 2 is 1.76 bits per heavy atom. The fourth-order valence-electron chi connectivity index (χ4n) is 3.23. The lowest BCUT2D eigenvalue weighted by Crippen LogP contribution is -2.28. The topological polar surface area (TPSA) is 81.8 Å². The van der Waals surface area contributed by atoms with Crippen molar-refractivity contribution in [1.82, 2.24) is 19.3 Å². The summed E-state index contributed by atoms with van der Waals surface area (Å²) in [4.78, 5) is 29.6. The Kier molecular flexibility index (Phi) is 4.72. The van der Waals surface area contributed by atoms with Crippen LogP contribution in [0.2, 0.25) is 0 Å². The third-order valence-electron chi connectivity index (χ3n) is 4.80. The number of amides is 1. The van der Waals surface area contributed by atoms with Crippen LogP contribution in [0, 0.1) is 20.8 Å². The van der Waals surface area contributed by atoms with Crippen LogP contribution in [0.15, 0.2) is 59.8 Å². The van der Waals surface area contributed by atoms with Crippen molar-refractivity contribution in [1.29, 1.82) is 0 Å². The maximum atomic E-state index is 12.8. The van der Waals surface area contributed by atoms with Gasteiger partial charge in [-0.05, 0) is 44.5 Å². The molecule has 2 aromatic carbocycles. The van der Waals surface area contributed by atoms with E-state index in [1.807, 2.05) is 63.2 Å². The lowest BCUT2D eigenvalue weighted by atomic mass is 10.1. The van der Waals surface area contributed by atoms with Gasteiger partial charge < -0.3 is 5.32 Å². The van der Waals surface area contributed by atoms with Gasteiger partial charge in [-0.15, -0.1) is 0 Å². The molecule has 0 bridgehead atoms. The van der Waals surface area contributed by atoms with Crippen LogP contribution in [0.25, 0.3) is 16.7 Å². The van der Waals surface area contributed by atoms with Crippen molar-refractivity contribution in [2.45, 2.75) is 27.3 Å². The van der Waals surface area contributed by atoms with Crippen molar-refractivity contribution in [3.63, 3.8) is 0 Å². The van der Waals surface area contributed by atoms with Gasteiger partial charge in [-0.2, -0.15) is 5.10 Å². The Labute approximate surface area is 167 Å². The summed E-state index contributed by atoms with van der Waals surface area (Å²) in [6.45, 7) is 5.81. The molecule has 2 heterocycles. The monoisotopic (exact) mass is 387 g/mol. The highest BCUT2D eigenvalue weighted by molar-refractivity contribution is 5.91. The third-order valence-corrected chi connectivity index (χ3v) is 4.80. The van der Waals surface area contributed by atoms with Crippen LogP contribution in [0.4, 0.5) is 5.69 Å². The molecule has 7 heteroatoms. The van der Waals surface area contributed by atoms with Crippen LogP contribution >= 0.6 is 0 Å². The third kappa shape index (κ3) is 3.67. The molecular weight excluding hydrogens is 366 g/mol. The number of fused-ring (bicyclic) bond motifs is 1. The quantitative estimate of drug-likeness (QED) is 0.583. The van der Waals surface area contributed by atoms with Crippen LogP contribution < -0.4 is 10.9 Å². The van der Waals surface area contributed by atoms with E-state index in [-0.39, 0.29) is 18.0 Å². The molecule has 146 valence electrons. The molecule has 0 saturated heterocycles. The second-order valence-corrected chi connectivity index (χ2v) is 7.17. The highest BCUT2D eigenvalue weighted by atomic mass is 16.2. The number of aryl methyl sites for hydroxylation is 3. The lowest BCUT2D eigenvalue weighted by molar-refractivity contribution is -0.116. The largest absolute Gasteiger partial charge is 0.324 e. The summed E-state index contributed by atoms with van der Waals surface area (Å²) in [5, 5.41) is 7.52. The van der Waals surface area contributed by atoms with Crippen LogP contribution in [-0.2, 0) is 11.3 Å². The number of rotatable bonds is 4. The van der Waals surface area contributed by atoms with Crippen molar-refractivity contribution in [3.05, 3.63) is 82.0 Å². The summed E-state index contributed by atoms with van der Waals surface area (Å²) >= 11 is 0. The maximum absolute atomic E-state index is 12.8. The van der Waals surface area contributed by atoms with Crippen LogP contribution in [0.5, 0.6) is 0 Å². The zero-order valence-electron chi connectivity index (χ0n) is 16.5. The Bertz CT molecular complexity index is 1270. The first-order valence-electron chi connectivity index (χ1n) is 9.30. The molecule has 0 saturated carbocycles. The van der Waals surface area contributed by atoms with Gasteiger partial charge in [0.1, 0.15) is 18.3 Å². The van der Waals surface area contributed by atoms with E-state index in [9.17, 15) is 9.59 Å². The minimum atomic E-state index is -0.302. The van der Waals surface area contributed by atoms with Gasteiger partial charge in [0, 0.05) is 5.69 Å². The molecule has 0 spiro atoms. The fourth-order valence-corrected chi connectivity index (χ4v) is 3.23. The van der Waals surface area contributed by atoms with E-state index in [1.165, 1.54) is 17.1 Å². The number of carbonyl (C=O) groups is 1. The van der Waals surface area contributed by atoms with E-state index < -0.39 is 0 Å². The number of benzene rings is 2. The average Bonchev–Trinajstić information content (AvgIpc) is 3.12. The molecule has 0 fully saturated rings. The zero-order valence-corrected chi connectivity index (χ0v) is 16.5. The van der Waals surface area contributed by atoms with Crippen LogP contribution in [0.1, 0.15) is 16.7 Å². The van der Waals surface area contributed by atoms with Crippen molar-refractivity contribution >= 4 is 22.6 Å². The first kappa shape index (κ1) is 18.6. The van der Waals surface area contributed by atoms with Crippen LogP contribution in [-0.4, -0.2) is 25.2 Å². The number of hydrogen-bond donors (Lipinski definition) is 1. The molecule has 1 N–H and O–H groups in total. The van der Waals surface area contributed by atoms with E-state index in [2.05, 4.69) is 15.4 Å². The number of carbonyl (C=O) groups excluding carboxylic acids is 1. The highest BCUT2D eigenvalue weighted by Gasteiger charge is 2.13. The summed E-state index contributed by atoms with van der Waals surface area (Å²) in [5.41, 5.74) is 4.94. The predicted molar refractivity (Wildman–Crippen MR) is 112 cm³/mol. The number of hydrogen-bond acceptors (Lipinski definition) is 4. The highest BCUT2D eigenvalue weighted by Crippen LogP contribution is 2.16. The molecule has 4 rings (SSSR count). The molecule has 4 aromatic rings. The first-order valence-corrected chi connectivity index (χ1v) is 9.30. The zero-order chi connectivity index (χ0) is 20.5. The van der Waals surface area contributed by atoms with E-state index in [1.54, 1.807) is 4.68 Å². The Morgan fingerprint density at radius 1 is 1.03 bits per heavy atom. The van der Waals surface area contributed by atoms with Gasteiger partial charge in [0.2, 0.25) is 5.91 Å². The van der Waals surface area contributed by atoms with Gasteiger partial charge in [0.25, 0.3) is 5.56 Å². The summed E-state index contributed by atoms with van der Waals surface area (Å²) in [5.74, 6) is -0.286. The van der Waals surface area contributed by atoms with E-state index in [0.717, 1.165) is 28.1 Å². The minimum absolute atomic E-state index is 0.120. The normalized spacial score (nSPS) is 11.0.